The van der Waals surface area contributed by atoms with Crippen molar-refractivity contribution in [2.24, 2.45) is 0 Å². The normalized spacial score (nSPS) is 16.3. The Bertz CT molecular complexity index is 887. The third kappa shape index (κ3) is 3.74. The molecular weight excluding hydrogens is 340 g/mol. The van der Waals surface area contributed by atoms with Crippen molar-refractivity contribution in [1.29, 1.82) is 0 Å². The van der Waals surface area contributed by atoms with E-state index >= 15 is 0 Å². The van der Waals surface area contributed by atoms with E-state index in [-0.39, 0.29) is 17.7 Å². The number of carbonyl (C=O) groups excluding carboxylic acids is 1. The molecule has 27 heavy (non-hydrogen) atoms. The number of nitrogens with zero attached hydrogens (tertiary/aromatic N) is 4. The molecule has 0 aliphatic carbocycles. The Balaban J connectivity index is 1.38. The van der Waals surface area contributed by atoms with E-state index in [9.17, 15) is 4.79 Å². The highest BCUT2D eigenvalue weighted by molar-refractivity contribution is 5.83. The lowest BCUT2D eigenvalue weighted by Gasteiger charge is -2.32. The molecule has 0 saturated carbocycles. The predicted octanol–water partition coefficient (Wildman–Crippen LogP) is 3.64. The van der Waals surface area contributed by atoms with Gasteiger partial charge in [0.15, 0.2) is 5.82 Å². The minimum absolute atomic E-state index is 0.120. The smallest absolute Gasteiger partial charge is 0.259 e. The van der Waals surface area contributed by atoms with Gasteiger partial charge in [0.1, 0.15) is 0 Å². The highest BCUT2D eigenvalue weighted by Crippen LogP contribution is 2.29. The second-order valence-corrected chi connectivity index (χ2v) is 6.93. The van der Waals surface area contributed by atoms with Gasteiger partial charge in [-0.1, -0.05) is 35.5 Å². The van der Waals surface area contributed by atoms with Crippen molar-refractivity contribution in [2.45, 2.75) is 31.6 Å². The Hall–Kier alpha value is -3.02. The van der Waals surface area contributed by atoms with Crippen LogP contribution in [0.15, 0.2) is 59.4 Å². The molecule has 1 fully saturated rings. The maximum Gasteiger partial charge on any atom is 0.259 e. The third-order valence-electron chi connectivity index (χ3n) is 5.19. The van der Waals surface area contributed by atoms with Crippen molar-refractivity contribution in [3.63, 3.8) is 0 Å². The van der Waals surface area contributed by atoms with Crippen LogP contribution in [-0.2, 0) is 4.79 Å². The summed E-state index contributed by atoms with van der Waals surface area (Å²) in [5, 5.41) is 4.15. The molecule has 1 atom stereocenters. The number of hydrogen-bond donors (Lipinski definition) is 0. The predicted molar refractivity (Wildman–Crippen MR) is 101 cm³/mol. The molecule has 4 rings (SSSR count). The zero-order valence-electron chi connectivity index (χ0n) is 15.3. The van der Waals surface area contributed by atoms with Gasteiger partial charge in [-0.25, -0.2) is 0 Å². The van der Waals surface area contributed by atoms with Gasteiger partial charge in [-0.2, -0.15) is 4.98 Å². The zero-order valence-corrected chi connectivity index (χ0v) is 15.3. The average Bonchev–Trinajstić information content (AvgIpc) is 3.24. The summed E-state index contributed by atoms with van der Waals surface area (Å²) in [4.78, 5) is 23.4. The Morgan fingerprint density at radius 2 is 1.93 bits per heavy atom. The van der Waals surface area contributed by atoms with Crippen LogP contribution in [0.1, 0.15) is 43.0 Å². The van der Waals surface area contributed by atoms with Crippen molar-refractivity contribution in [3.8, 4) is 11.5 Å². The molecule has 138 valence electrons. The van der Waals surface area contributed by atoms with E-state index in [0.717, 1.165) is 42.9 Å². The van der Waals surface area contributed by atoms with E-state index in [1.807, 2.05) is 54.3 Å². The summed E-state index contributed by atoms with van der Waals surface area (Å²) in [6.45, 7) is 3.41. The number of likely N-dealkylation sites (tertiary alicyclic amines) is 1. The van der Waals surface area contributed by atoms with Crippen LogP contribution in [0.4, 0.5) is 0 Å². The van der Waals surface area contributed by atoms with E-state index in [2.05, 4.69) is 15.1 Å². The van der Waals surface area contributed by atoms with E-state index in [1.54, 1.807) is 12.4 Å². The van der Waals surface area contributed by atoms with Crippen LogP contribution in [0.2, 0.25) is 0 Å². The summed E-state index contributed by atoms with van der Waals surface area (Å²) in [6.07, 6.45) is 5.12. The van der Waals surface area contributed by atoms with E-state index < -0.39 is 0 Å². The monoisotopic (exact) mass is 362 g/mol. The topological polar surface area (TPSA) is 72.1 Å². The molecule has 1 saturated heterocycles. The molecule has 3 aromatic rings. The van der Waals surface area contributed by atoms with Crippen LogP contribution < -0.4 is 0 Å². The largest absolute Gasteiger partial charge is 0.342 e. The number of benzene rings is 1. The van der Waals surface area contributed by atoms with Crippen molar-refractivity contribution < 1.29 is 9.32 Å². The number of carbonyl (C=O) groups is 1. The van der Waals surface area contributed by atoms with E-state index in [1.165, 1.54) is 0 Å². The van der Waals surface area contributed by atoms with Gasteiger partial charge in [0.25, 0.3) is 5.89 Å². The SMILES string of the molecule is C[C@H](C(=O)N1CCC(c2noc(-c3cccnc3)n2)CC1)c1ccccc1. The molecule has 1 aromatic carbocycles. The van der Waals surface area contributed by atoms with Gasteiger partial charge < -0.3 is 9.42 Å². The van der Waals surface area contributed by atoms with Gasteiger partial charge in [-0.3, -0.25) is 9.78 Å². The Morgan fingerprint density at radius 1 is 1.15 bits per heavy atom. The van der Waals surface area contributed by atoms with Gasteiger partial charge in [0.2, 0.25) is 5.91 Å². The lowest BCUT2D eigenvalue weighted by atomic mass is 9.93. The minimum Gasteiger partial charge on any atom is -0.342 e. The maximum absolute atomic E-state index is 12.8. The molecule has 0 spiro atoms. The quantitative estimate of drug-likeness (QED) is 0.708. The minimum atomic E-state index is -0.120. The molecule has 2 aromatic heterocycles. The fraction of sp³-hybridized carbons (Fsp3) is 0.333. The fourth-order valence-electron chi connectivity index (χ4n) is 3.52. The first-order valence-corrected chi connectivity index (χ1v) is 9.30. The van der Waals surface area contributed by atoms with Crippen LogP contribution in [0.25, 0.3) is 11.5 Å². The maximum atomic E-state index is 12.8. The highest BCUT2D eigenvalue weighted by Gasteiger charge is 2.29. The van der Waals surface area contributed by atoms with Crippen LogP contribution in [-0.4, -0.2) is 39.0 Å². The number of aromatic nitrogens is 3. The van der Waals surface area contributed by atoms with Gasteiger partial charge in [-0.15, -0.1) is 0 Å². The second kappa shape index (κ2) is 7.70. The van der Waals surface area contributed by atoms with Crippen LogP contribution in [0.5, 0.6) is 0 Å². The summed E-state index contributed by atoms with van der Waals surface area (Å²) < 4.78 is 5.39. The Morgan fingerprint density at radius 3 is 2.63 bits per heavy atom. The summed E-state index contributed by atoms with van der Waals surface area (Å²) in [7, 11) is 0. The van der Waals surface area contributed by atoms with E-state index in [0.29, 0.717) is 5.89 Å². The third-order valence-corrected chi connectivity index (χ3v) is 5.19. The van der Waals surface area contributed by atoms with Gasteiger partial charge in [0.05, 0.1) is 11.5 Å². The number of rotatable bonds is 4. The van der Waals surface area contributed by atoms with Crippen molar-refractivity contribution >= 4 is 5.91 Å². The molecule has 1 aliphatic rings. The molecule has 1 amide bonds. The number of hydrogen-bond acceptors (Lipinski definition) is 5. The van der Waals surface area contributed by atoms with Crippen LogP contribution in [0.3, 0.4) is 0 Å². The Labute approximate surface area is 158 Å². The molecule has 3 heterocycles. The molecule has 0 radical (unpaired) electrons. The van der Waals surface area contributed by atoms with Gasteiger partial charge >= 0.3 is 0 Å². The fourth-order valence-corrected chi connectivity index (χ4v) is 3.52. The second-order valence-electron chi connectivity index (χ2n) is 6.93. The van der Waals surface area contributed by atoms with Crippen LogP contribution >= 0.6 is 0 Å². The van der Waals surface area contributed by atoms with E-state index in [4.69, 9.17) is 4.52 Å². The molecule has 6 nitrogen and oxygen atoms in total. The Kier molecular flexibility index (Phi) is 4.96. The van der Waals surface area contributed by atoms with Crippen molar-refractivity contribution in [2.75, 3.05) is 13.1 Å². The van der Waals surface area contributed by atoms with Crippen LogP contribution in [0, 0.1) is 0 Å². The lowest BCUT2D eigenvalue weighted by Crippen LogP contribution is -2.40. The lowest BCUT2D eigenvalue weighted by molar-refractivity contribution is -0.133. The first kappa shape index (κ1) is 17.4. The highest BCUT2D eigenvalue weighted by atomic mass is 16.5. The van der Waals surface area contributed by atoms with Gasteiger partial charge in [-0.05, 0) is 37.5 Å². The molecule has 0 unspecified atom stereocenters. The molecule has 1 aliphatic heterocycles. The molecule has 6 heteroatoms. The first-order valence-electron chi connectivity index (χ1n) is 9.30. The summed E-state index contributed by atoms with van der Waals surface area (Å²) in [5.74, 6) is 1.50. The number of piperidine rings is 1. The summed E-state index contributed by atoms with van der Waals surface area (Å²) >= 11 is 0. The van der Waals surface area contributed by atoms with Crippen molar-refractivity contribution in [1.82, 2.24) is 20.0 Å². The summed E-state index contributed by atoms with van der Waals surface area (Å²) in [6, 6.07) is 13.7. The van der Waals surface area contributed by atoms with Gasteiger partial charge in [0, 0.05) is 31.4 Å². The zero-order chi connectivity index (χ0) is 18.6. The van der Waals surface area contributed by atoms with Crippen molar-refractivity contribution in [3.05, 3.63) is 66.2 Å². The standard InChI is InChI=1S/C21H22N4O2/c1-15(16-6-3-2-4-7-16)21(26)25-12-9-17(10-13-25)19-23-20(27-24-19)18-8-5-11-22-14-18/h2-8,11,14-15,17H,9-10,12-13H2,1H3/t15-/m0/s1. The summed E-state index contributed by atoms with van der Waals surface area (Å²) in [5.41, 5.74) is 1.88. The molecular formula is C21H22N4O2. The average molecular weight is 362 g/mol. The number of pyridine rings is 1. The molecule has 0 N–H and O–H groups in total. The molecule has 0 bridgehead atoms. The number of amides is 1. The first-order chi connectivity index (χ1) is 13.2.